The van der Waals surface area contributed by atoms with Gasteiger partial charge in [0.05, 0.1) is 6.61 Å². The summed E-state index contributed by atoms with van der Waals surface area (Å²) in [6, 6.07) is 9.61. The molecule has 0 saturated heterocycles. The van der Waals surface area contributed by atoms with Gasteiger partial charge in [-0.25, -0.2) is 4.79 Å². The van der Waals surface area contributed by atoms with Crippen molar-refractivity contribution in [2.75, 3.05) is 6.61 Å². The minimum absolute atomic E-state index is 0.190. The lowest BCUT2D eigenvalue weighted by atomic mass is 9.85. The Labute approximate surface area is 170 Å². The highest BCUT2D eigenvalue weighted by Gasteiger charge is 2.22. The summed E-state index contributed by atoms with van der Waals surface area (Å²) in [6.07, 6.45) is 0.575. The van der Waals surface area contributed by atoms with Crippen molar-refractivity contribution in [1.29, 1.82) is 0 Å². The molecule has 29 heavy (non-hydrogen) atoms. The van der Waals surface area contributed by atoms with Crippen LogP contribution in [0.25, 0.3) is 16.7 Å². The van der Waals surface area contributed by atoms with E-state index in [4.69, 9.17) is 4.74 Å². The molecule has 0 amide bonds. The number of rotatable bonds is 5. The molecule has 0 aliphatic heterocycles. The van der Waals surface area contributed by atoms with Crippen molar-refractivity contribution in [3.05, 3.63) is 59.2 Å². The standard InChI is InChI=1S/C23H27N3O3/c1-14(2)22(28)29-10-9-16-7-8-18-19(13-16)25-26(24-18)20-12-15(3)11-17(21(20)27)23(4,5)6/h7-8,11-13,27H,1,9-10H2,2-6H3. The van der Waals surface area contributed by atoms with E-state index in [0.29, 0.717) is 23.2 Å². The van der Waals surface area contributed by atoms with Crippen molar-refractivity contribution in [2.45, 2.75) is 46.5 Å². The van der Waals surface area contributed by atoms with Gasteiger partial charge in [-0.3, -0.25) is 0 Å². The molecule has 0 unspecified atom stereocenters. The van der Waals surface area contributed by atoms with E-state index in [0.717, 1.165) is 22.2 Å². The van der Waals surface area contributed by atoms with E-state index < -0.39 is 0 Å². The van der Waals surface area contributed by atoms with Crippen LogP contribution < -0.4 is 0 Å². The maximum absolute atomic E-state index is 11.5. The molecular formula is C23H27N3O3. The third kappa shape index (κ3) is 4.47. The maximum atomic E-state index is 11.5. The Morgan fingerprint density at radius 1 is 1.17 bits per heavy atom. The molecule has 6 nitrogen and oxygen atoms in total. The van der Waals surface area contributed by atoms with Gasteiger partial charge >= 0.3 is 5.97 Å². The first-order valence-corrected chi connectivity index (χ1v) is 9.59. The SMILES string of the molecule is C=C(C)C(=O)OCCc1ccc2nn(-c3cc(C)cc(C(C)(C)C)c3O)nc2c1. The Morgan fingerprint density at radius 3 is 2.52 bits per heavy atom. The van der Waals surface area contributed by atoms with Crippen molar-refractivity contribution in [3.63, 3.8) is 0 Å². The summed E-state index contributed by atoms with van der Waals surface area (Å²) in [5, 5.41) is 19.9. The van der Waals surface area contributed by atoms with Crippen molar-refractivity contribution >= 4 is 17.0 Å². The molecule has 3 aromatic rings. The molecule has 1 aromatic heterocycles. The number of hydrogen-bond donors (Lipinski definition) is 1. The van der Waals surface area contributed by atoms with Gasteiger partial charge in [0.1, 0.15) is 22.5 Å². The van der Waals surface area contributed by atoms with E-state index in [9.17, 15) is 9.90 Å². The average molecular weight is 393 g/mol. The van der Waals surface area contributed by atoms with Crippen LogP contribution in [-0.2, 0) is 21.4 Å². The fourth-order valence-electron chi connectivity index (χ4n) is 3.09. The molecule has 0 aliphatic rings. The number of hydrogen-bond acceptors (Lipinski definition) is 5. The van der Waals surface area contributed by atoms with Crippen molar-refractivity contribution in [3.8, 4) is 11.4 Å². The summed E-state index contributed by atoms with van der Waals surface area (Å²) in [7, 11) is 0. The number of aryl methyl sites for hydroxylation is 1. The molecule has 1 N–H and O–H groups in total. The van der Waals surface area contributed by atoms with Crippen molar-refractivity contribution in [2.24, 2.45) is 0 Å². The molecule has 152 valence electrons. The van der Waals surface area contributed by atoms with E-state index in [2.05, 4.69) is 37.5 Å². The van der Waals surface area contributed by atoms with Crippen LogP contribution in [0.15, 0.2) is 42.5 Å². The second-order valence-corrected chi connectivity index (χ2v) is 8.41. The molecule has 0 aliphatic carbocycles. The van der Waals surface area contributed by atoms with E-state index in [1.807, 2.05) is 37.3 Å². The zero-order valence-corrected chi connectivity index (χ0v) is 17.6. The highest BCUT2D eigenvalue weighted by Crippen LogP contribution is 2.36. The van der Waals surface area contributed by atoms with Crippen LogP contribution in [-0.4, -0.2) is 32.7 Å². The molecule has 2 aromatic carbocycles. The van der Waals surface area contributed by atoms with Gasteiger partial charge in [0.2, 0.25) is 0 Å². The molecular weight excluding hydrogens is 366 g/mol. The van der Waals surface area contributed by atoms with Gasteiger partial charge in [0.25, 0.3) is 0 Å². The molecule has 0 radical (unpaired) electrons. The molecule has 0 saturated carbocycles. The van der Waals surface area contributed by atoms with Gasteiger partial charge in [-0.2, -0.15) is 0 Å². The zero-order chi connectivity index (χ0) is 21.3. The van der Waals surface area contributed by atoms with Gasteiger partial charge in [0.15, 0.2) is 0 Å². The molecule has 6 heteroatoms. The number of ether oxygens (including phenoxy) is 1. The van der Waals surface area contributed by atoms with E-state index in [1.54, 1.807) is 6.92 Å². The zero-order valence-electron chi connectivity index (χ0n) is 17.6. The molecule has 0 spiro atoms. The first kappa shape index (κ1) is 20.6. The quantitative estimate of drug-likeness (QED) is 0.514. The Balaban J connectivity index is 1.90. The normalized spacial score (nSPS) is 11.6. The van der Waals surface area contributed by atoms with Gasteiger partial charge in [0, 0.05) is 17.6 Å². The van der Waals surface area contributed by atoms with E-state index >= 15 is 0 Å². The summed E-state index contributed by atoms with van der Waals surface area (Å²) < 4.78 is 5.16. The minimum atomic E-state index is -0.387. The predicted molar refractivity (Wildman–Crippen MR) is 113 cm³/mol. The number of carbonyl (C=O) groups is 1. The van der Waals surface area contributed by atoms with Gasteiger partial charge in [-0.15, -0.1) is 15.0 Å². The number of phenolic OH excluding ortho intramolecular Hbond substituents is 1. The van der Waals surface area contributed by atoms with Crippen LogP contribution in [0.2, 0.25) is 0 Å². The van der Waals surface area contributed by atoms with Crippen LogP contribution in [0.5, 0.6) is 5.75 Å². The number of nitrogens with zero attached hydrogens (tertiary/aromatic N) is 3. The number of carbonyl (C=O) groups excluding carboxylic acids is 1. The van der Waals surface area contributed by atoms with Crippen LogP contribution in [0.4, 0.5) is 0 Å². The van der Waals surface area contributed by atoms with E-state index in [1.165, 1.54) is 4.80 Å². The summed E-state index contributed by atoms with van der Waals surface area (Å²) in [5.74, 6) is -0.197. The fourth-order valence-corrected chi connectivity index (χ4v) is 3.09. The third-order valence-electron chi connectivity index (χ3n) is 4.67. The number of aromatic nitrogens is 3. The smallest absolute Gasteiger partial charge is 0.333 e. The number of aromatic hydroxyl groups is 1. The highest BCUT2D eigenvalue weighted by atomic mass is 16.5. The average Bonchev–Trinajstić information content (AvgIpc) is 3.05. The van der Waals surface area contributed by atoms with Crippen LogP contribution in [0.3, 0.4) is 0 Å². The van der Waals surface area contributed by atoms with Crippen LogP contribution >= 0.6 is 0 Å². The largest absolute Gasteiger partial charge is 0.505 e. The number of phenols is 1. The topological polar surface area (TPSA) is 77.2 Å². The number of fused-ring (bicyclic) bond motifs is 1. The van der Waals surface area contributed by atoms with Gasteiger partial charge < -0.3 is 9.84 Å². The third-order valence-corrected chi connectivity index (χ3v) is 4.67. The Hall–Kier alpha value is -3.15. The molecule has 0 fully saturated rings. The van der Waals surface area contributed by atoms with Gasteiger partial charge in [-0.05, 0) is 48.6 Å². The predicted octanol–water partition coefficient (Wildman–Crippen LogP) is 4.39. The van der Waals surface area contributed by atoms with Crippen molar-refractivity contribution < 1.29 is 14.6 Å². The summed E-state index contributed by atoms with van der Waals surface area (Å²) in [4.78, 5) is 13.0. The van der Waals surface area contributed by atoms with E-state index in [-0.39, 0.29) is 23.7 Å². The number of benzene rings is 2. The summed E-state index contributed by atoms with van der Waals surface area (Å²) >= 11 is 0. The van der Waals surface area contributed by atoms with Gasteiger partial charge in [-0.1, -0.05) is 39.5 Å². The molecule has 0 atom stereocenters. The second-order valence-electron chi connectivity index (χ2n) is 8.41. The minimum Gasteiger partial charge on any atom is -0.505 e. The Kier molecular flexibility index (Phi) is 5.46. The summed E-state index contributed by atoms with van der Waals surface area (Å²) in [6.45, 7) is 13.6. The Morgan fingerprint density at radius 2 is 1.86 bits per heavy atom. The lowest BCUT2D eigenvalue weighted by molar-refractivity contribution is -0.138. The fraction of sp³-hybridized carbons (Fsp3) is 0.348. The Bertz CT molecular complexity index is 1090. The monoisotopic (exact) mass is 393 g/mol. The lowest BCUT2D eigenvalue weighted by Crippen LogP contribution is -2.13. The van der Waals surface area contributed by atoms with Crippen LogP contribution in [0, 0.1) is 6.92 Å². The second kappa shape index (κ2) is 7.70. The molecule has 3 rings (SSSR count). The first-order valence-electron chi connectivity index (χ1n) is 9.59. The molecule has 0 bridgehead atoms. The maximum Gasteiger partial charge on any atom is 0.333 e. The van der Waals surface area contributed by atoms with Crippen molar-refractivity contribution in [1.82, 2.24) is 15.0 Å². The van der Waals surface area contributed by atoms with Crippen LogP contribution in [0.1, 0.15) is 44.4 Å². The first-order chi connectivity index (χ1) is 13.6. The summed E-state index contributed by atoms with van der Waals surface area (Å²) in [5.41, 5.74) is 5.06. The molecule has 1 heterocycles. The number of esters is 1. The lowest BCUT2D eigenvalue weighted by Gasteiger charge is -2.22. The highest BCUT2D eigenvalue weighted by molar-refractivity contribution is 5.86.